The maximum atomic E-state index is 13.2. The molecular weight excluding hydrogens is 493 g/mol. The summed E-state index contributed by atoms with van der Waals surface area (Å²) in [6.45, 7) is -0.207. The summed E-state index contributed by atoms with van der Waals surface area (Å²) in [5.74, 6) is -2.19. The van der Waals surface area contributed by atoms with Gasteiger partial charge in [-0.15, -0.1) is 0 Å². The zero-order valence-electron chi connectivity index (χ0n) is 17.9. The molecule has 0 atom stereocenters. The number of benzene rings is 3. The van der Waals surface area contributed by atoms with Crippen molar-refractivity contribution in [2.24, 2.45) is 0 Å². The lowest BCUT2D eigenvalue weighted by Crippen LogP contribution is -2.32. The Kier molecular flexibility index (Phi) is 5.88. The van der Waals surface area contributed by atoms with E-state index in [0.717, 1.165) is 4.90 Å². The predicted octanol–water partition coefficient (Wildman–Crippen LogP) is 5.36. The molecule has 0 saturated carbocycles. The van der Waals surface area contributed by atoms with Crippen LogP contribution in [0, 0.1) is 0 Å². The minimum absolute atomic E-state index is 0.0375. The van der Waals surface area contributed by atoms with E-state index in [1.807, 2.05) is 0 Å². The second kappa shape index (κ2) is 9.02. The van der Waals surface area contributed by atoms with E-state index < -0.39 is 23.2 Å². The van der Waals surface area contributed by atoms with Crippen molar-refractivity contribution in [2.45, 2.75) is 6.42 Å². The smallest absolute Gasteiger partial charge is 0.313 e. The van der Waals surface area contributed by atoms with Crippen LogP contribution in [0.3, 0.4) is 0 Å². The molecule has 35 heavy (non-hydrogen) atoms. The number of halogens is 2. The minimum atomic E-state index is -0.824. The molecule has 2 heterocycles. The number of hydrogen-bond acceptors (Lipinski definition) is 6. The molecule has 0 N–H and O–H groups in total. The van der Waals surface area contributed by atoms with Gasteiger partial charge in [0.2, 0.25) is 11.2 Å². The Labute approximate surface area is 208 Å². The topological polar surface area (TPSA) is 93.9 Å². The highest BCUT2D eigenvalue weighted by Gasteiger charge is 2.35. The maximum absolute atomic E-state index is 13.2. The van der Waals surface area contributed by atoms with Crippen molar-refractivity contribution in [3.05, 3.63) is 98.1 Å². The van der Waals surface area contributed by atoms with E-state index in [9.17, 15) is 19.2 Å². The summed E-state index contributed by atoms with van der Waals surface area (Å²) < 4.78 is 11.4. The predicted molar refractivity (Wildman–Crippen MR) is 130 cm³/mol. The van der Waals surface area contributed by atoms with Crippen LogP contribution in [-0.4, -0.2) is 29.2 Å². The first-order valence-corrected chi connectivity index (χ1v) is 11.3. The lowest BCUT2D eigenvalue weighted by atomic mass is 10.1. The summed E-state index contributed by atoms with van der Waals surface area (Å²) in [7, 11) is 0. The molecule has 174 valence electrons. The molecule has 1 aliphatic rings. The zero-order chi connectivity index (χ0) is 24.7. The fourth-order valence-electron chi connectivity index (χ4n) is 3.88. The summed E-state index contributed by atoms with van der Waals surface area (Å²) in [6.07, 6.45) is -0.328. The number of carbonyl (C=O) groups excluding carboxylic acids is 3. The molecule has 1 aliphatic heterocycles. The first-order chi connectivity index (χ1) is 16.8. The maximum Gasteiger partial charge on any atom is 0.313 e. The van der Waals surface area contributed by atoms with Gasteiger partial charge in [-0.2, -0.15) is 0 Å². The number of imide groups is 1. The van der Waals surface area contributed by atoms with Crippen LogP contribution < -0.4 is 10.2 Å². The number of amides is 2. The molecule has 5 rings (SSSR count). The van der Waals surface area contributed by atoms with E-state index in [2.05, 4.69) is 0 Å². The number of nitrogens with zero attached hydrogens (tertiary/aromatic N) is 1. The highest BCUT2D eigenvalue weighted by molar-refractivity contribution is 6.36. The van der Waals surface area contributed by atoms with Crippen LogP contribution in [0.1, 0.15) is 27.1 Å². The average Bonchev–Trinajstić information content (AvgIpc) is 3.09. The first-order valence-electron chi connectivity index (χ1n) is 10.5. The molecule has 1 aromatic heterocycles. The van der Waals surface area contributed by atoms with Gasteiger partial charge in [-0.1, -0.05) is 47.5 Å². The number of rotatable bonds is 5. The van der Waals surface area contributed by atoms with Gasteiger partial charge >= 0.3 is 5.97 Å². The van der Waals surface area contributed by atoms with E-state index in [1.54, 1.807) is 60.7 Å². The number of para-hydroxylation sites is 1. The summed E-state index contributed by atoms with van der Waals surface area (Å²) >= 11 is 12.3. The Morgan fingerprint density at radius 3 is 2.20 bits per heavy atom. The van der Waals surface area contributed by atoms with Gasteiger partial charge in [0.25, 0.3) is 11.8 Å². The molecule has 2 amide bonds. The van der Waals surface area contributed by atoms with Crippen molar-refractivity contribution in [1.82, 2.24) is 4.90 Å². The van der Waals surface area contributed by atoms with Crippen molar-refractivity contribution >= 4 is 52.0 Å². The largest absolute Gasteiger partial charge is 0.452 e. The van der Waals surface area contributed by atoms with Crippen molar-refractivity contribution in [3.63, 3.8) is 0 Å². The Balaban J connectivity index is 1.45. The number of esters is 1. The lowest BCUT2D eigenvalue weighted by Gasteiger charge is -2.14. The first kappa shape index (κ1) is 22.8. The van der Waals surface area contributed by atoms with Gasteiger partial charge in [-0.05, 0) is 42.5 Å². The monoisotopic (exact) mass is 507 g/mol. The Bertz CT molecular complexity index is 1560. The number of carbonyl (C=O) groups is 3. The van der Waals surface area contributed by atoms with E-state index in [1.165, 1.54) is 6.07 Å². The zero-order valence-corrected chi connectivity index (χ0v) is 19.4. The highest BCUT2D eigenvalue weighted by atomic mass is 35.5. The van der Waals surface area contributed by atoms with Crippen molar-refractivity contribution in [3.8, 4) is 17.1 Å². The molecular formula is C26H15Cl2NO6. The van der Waals surface area contributed by atoms with Crippen LogP contribution in [-0.2, 0) is 4.79 Å². The van der Waals surface area contributed by atoms with Gasteiger partial charge in [0, 0.05) is 17.1 Å². The van der Waals surface area contributed by atoms with Crippen LogP contribution in [0.4, 0.5) is 0 Å². The van der Waals surface area contributed by atoms with Crippen LogP contribution >= 0.6 is 23.2 Å². The van der Waals surface area contributed by atoms with Crippen molar-refractivity contribution in [2.75, 3.05) is 6.54 Å². The standard InChI is InChI=1S/C26H15Cl2NO6/c27-14-9-10-17(19(28)13-14)23-24(22(31)18-7-3-4-8-20(18)34-23)35-21(30)11-12-29-25(32)15-5-1-2-6-16(15)26(29)33/h1-10,13H,11-12H2. The molecule has 0 fully saturated rings. The van der Waals surface area contributed by atoms with Crippen molar-refractivity contribution in [1.29, 1.82) is 0 Å². The Hall–Kier alpha value is -3.94. The molecule has 0 saturated heterocycles. The highest BCUT2D eigenvalue weighted by Crippen LogP contribution is 2.36. The number of hydrogen-bond donors (Lipinski definition) is 0. The molecule has 0 bridgehead atoms. The fourth-order valence-corrected chi connectivity index (χ4v) is 4.37. The van der Waals surface area contributed by atoms with Gasteiger partial charge < -0.3 is 9.15 Å². The molecule has 0 unspecified atom stereocenters. The molecule has 0 aliphatic carbocycles. The number of ether oxygens (including phenoxy) is 1. The molecule has 0 spiro atoms. The molecule has 3 aromatic carbocycles. The molecule has 7 nitrogen and oxygen atoms in total. The van der Waals surface area contributed by atoms with E-state index >= 15 is 0 Å². The molecule has 0 radical (unpaired) electrons. The van der Waals surface area contributed by atoms with Crippen molar-refractivity contribution < 1.29 is 23.5 Å². The summed E-state index contributed by atoms with van der Waals surface area (Å²) in [6, 6.07) is 17.5. The lowest BCUT2D eigenvalue weighted by molar-refractivity contribution is -0.134. The second-order valence-electron chi connectivity index (χ2n) is 7.74. The van der Waals surface area contributed by atoms with Crippen LogP contribution in [0.5, 0.6) is 5.75 Å². The Morgan fingerprint density at radius 2 is 1.51 bits per heavy atom. The fraction of sp³-hybridized carbons (Fsp3) is 0.0769. The van der Waals surface area contributed by atoms with Crippen LogP contribution in [0.2, 0.25) is 10.0 Å². The summed E-state index contributed by atoms with van der Waals surface area (Å²) in [4.78, 5) is 52.1. The van der Waals surface area contributed by atoms with E-state index in [-0.39, 0.29) is 51.6 Å². The normalized spacial score (nSPS) is 12.8. The van der Waals surface area contributed by atoms with Gasteiger partial charge in [0.05, 0.1) is 28.0 Å². The van der Waals surface area contributed by atoms with Gasteiger partial charge in [0.15, 0.2) is 5.76 Å². The second-order valence-corrected chi connectivity index (χ2v) is 8.58. The van der Waals surface area contributed by atoms with Gasteiger partial charge in [-0.25, -0.2) is 0 Å². The third-order valence-electron chi connectivity index (χ3n) is 5.57. The third kappa shape index (κ3) is 4.09. The SMILES string of the molecule is O=C(CCN1C(=O)c2ccccc2C1=O)Oc1c(-c2ccc(Cl)cc2Cl)oc2ccccc2c1=O. The van der Waals surface area contributed by atoms with E-state index in [4.69, 9.17) is 32.4 Å². The van der Waals surface area contributed by atoms with E-state index in [0.29, 0.717) is 10.6 Å². The summed E-state index contributed by atoms with van der Waals surface area (Å²) in [5, 5.41) is 0.783. The van der Waals surface area contributed by atoms with Crippen LogP contribution in [0.25, 0.3) is 22.3 Å². The molecule has 4 aromatic rings. The minimum Gasteiger partial charge on any atom is -0.452 e. The number of fused-ring (bicyclic) bond motifs is 2. The third-order valence-corrected chi connectivity index (χ3v) is 6.11. The van der Waals surface area contributed by atoms with Gasteiger partial charge in [-0.3, -0.25) is 24.1 Å². The molecule has 9 heteroatoms. The quantitative estimate of drug-likeness (QED) is 0.266. The van der Waals surface area contributed by atoms with Crippen LogP contribution in [0.15, 0.2) is 75.9 Å². The average molecular weight is 508 g/mol. The Morgan fingerprint density at radius 1 is 0.857 bits per heavy atom. The summed E-state index contributed by atoms with van der Waals surface area (Å²) in [5.41, 5.74) is 0.578. The van der Waals surface area contributed by atoms with Gasteiger partial charge in [0.1, 0.15) is 5.58 Å².